The van der Waals surface area contributed by atoms with Crippen molar-refractivity contribution < 1.29 is 17.6 Å². The number of hydrogen-bond donors (Lipinski definition) is 1. The molecule has 0 radical (unpaired) electrons. The van der Waals surface area contributed by atoms with Gasteiger partial charge in [0.1, 0.15) is 5.58 Å². The van der Waals surface area contributed by atoms with E-state index in [1.807, 2.05) is 30.3 Å². The van der Waals surface area contributed by atoms with E-state index in [0.717, 1.165) is 17.3 Å². The second-order valence-electron chi connectivity index (χ2n) is 6.38. The van der Waals surface area contributed by atoms with Crippen molar-refractivity contribution in [2.45, 2.75) is 12.6 Å². The molecule has 0 saturated heterocycles. The van der Waals surface area contributed by atoms with E-state index in [9.17, 15) is 13.2 Å². The highest BCUT2D eigenvalue weighted by molar-refractivity contribution is 7.88. The smallest absolute Gasteiger partial charge is 0.290 e. The summed E-state index contributed by atoms with van der Waals surface area (Å²) >= 11 is 0. The number of fused-ring (bicyclic) bond motifs is 2. The molecule has 3 aromatic rings. The SMILES string of the molecule is CS(=O)(=O)NC[C@@H]1CN(C(=O)c2cc3ccccc3o2)Cc2ccnn21. The van der Waals surface area contributed by atoms with Crippen LogP contribution in [0.25, 0.3) is 11.0 Å². The van der Waals surface area contributed by atoms with E-state index >= 15 is 0 Å². The normalized spacial score (nSPS) is 17.4. The zero-order valence-corrected chi connectivity index (χ0v) is 14.9. The first-order chi connectivity index (χ1) is 12.4. The van der Waals surface area contributed by atoms with Gasteiger partial charge in [-0.05, 0) is 18.2 Å². The third-order valence-electron chi connectivity index (χ3n) is 4.39. The molecule has 1 atom stereocenters. The summed E-state index contributed by atoms with van der Waals surface area (Å²) in [5.41, 5.74) is 1.51. The number of amides is 1. The molecule has 9 heteroatoms. The van der Waals surface area contributed by atoms with E-state index in [4.69, 9.17) is 4.42 Å². The van der Waals surface area contributed by atoms with Crippen molar-refractivity contribution >= 4 is 26.9 Å². The van der Waals surface area contributed by atoms with Crippen molar-refractivity contribution in [2.75, 3.05) is 19.3 Å². The van der Waals surface area contributed by atoms with Crippen LogP contribution in [0.1, 0.15) is 22.3 Å². The lowest BCUT2D eigenvalue weighted by atomic mass is 10.1. The third-order valence-corrected chi connectivity index (χ3v) is 5.08. The van der Waals surface area contributed by atoms with Gasteiger partial charge in [-0.25, -0.2) is 13.1 Å². The number of benzene rings is 1. The minimum absolute atomic E-state index is 0.164. The average molecular weight is 374 g/mol. The molecule has 1 aromatic carbocycles. The van der Waals surface area contributed by atoms with Crippen molar-refractivity contribution in [2.24, 2.45) is 0 Å². The lowest BCUT2D eigenvalue weighted by molar-refractivity contribution is 0.0641. The topological polar surface area (TPSA) is 97.4 Å². The predicted molar refractivity (Wildman–Crippen MR) is 95.1 cm³/mol. The number of para-hydroxylation sites is 1. The maximum absolute atomic E-state index is 12.9. The molecule has 0 unspecified atom stereocenters. The van der Waals surface area contributed by atoms with Crippen LogP contribution in [-0.2, 0) is 16.6 Å². The maximum atomic E-state index is 12.9. The van der Waals surface area contributed by atoms with Gasteiger partial charge < -0.3 is 9.32 Å². The summed E-state index contributed by atoms with van der Waals surface area (Å²) in [6.45, 7) is 0.899. The predicted octanol–water partition coefficient (Wildman–Crippen LogP) is 1.38. The van der Waals surface area contributed by atoms with Crippen molar-refractivity contribution in [3.63, 3.8) is 0 Å². The summed E-state index contributed by atoms with van der Waals surface area (Å²) in [6.07, 6.45) is 2.76. The molecule has 2 aromatic heterocycles. The minimum Gasteiger partial charge on any atom is -0.451 e. The van der Waals surface area contributed by atoms with Crippen LogP contribution in [0, 0.1) is 0 Å². The van der Waals surface area contributed by atoms with Crippen LogP contribution in [0.5, 0.6) is 0 Å². The van der Waals surface area contributed by atoms with Crippen LogP contribution in [0.3, 0.4) is 0 Å². The molecule has 0 fully saturated rings. The maximum Gasteiger partial charge on any atom is 0.290 e. The van der Waals surface area contributed by atoms with Gasteiger partial charge in [-0.3, -0.25) is 9.48 Å². The van der Waals surface area contributed by atoms with E-state index < -0.39 is 10.0 Å². The van der Waals surface area contributed by atoms with Gasteiger partial charge in [0, 0.05) is 24.7 Å². The number of hydrogen-bond acceptors (Lipinski definition) is 5. The highest BCUT2D eigenvalue weighted by Crippen LogP contribution is 2.25. The number of nitrogens with one attached hydrogen (secondary N) is 1. The van der Waals surface area contributed by atoms with Gasteiger partial charge in [-0.2, -0.15) is 5.10 Å². The lowest BCUT2D eigenvalue weighted by Crippen LogP contribution is -2.45. The van der Waals surface area contributed by atoms with Crippen LogP contribution in [0.15, 0.2) is 47.0 Å². The van der Waals surface area contributed by atoms with E-state index in [2.05, 4.69) is 9.82 Å². The molecule has 1 N–H and O–H groups in total. The summed E-state index contributed by atoms with van der Waals surface area (Å²) in [5.74, 6) is 0.0481. The number of furan rings is 1. The van der Waals surface area contributed by atoms with E-state index in [1.54, 1.807) is 21.8 Å². The number of carbonyl (C=O) groups excluding carboxylic acids is 1. The Morgan fingerprint density at radius 2 is 2.15 bits per heavy atom. The Labute approximate surface area is 150 Å². The summed E-state index contributed by atoms with van der Waals surface area (Å²) in [6, 6.07) is 10.7. The molecule has 1 amide bonds. The molecule has 8 nitrogen and oxygen atoms in total. The molecule has 136 valence electrons. The quantitative estimate of drug-likeness (QED) is 0.744. The summed E-state index contributed by atoms with van der Waals surface area (Å²) in [4.78, 5) is 14.6. The summed E-state index contributed by atoms with van der Waals surface area (Å²) in [5, 5.41) is 5.13. The fraction of sp³-hybridized carbons (Fsp3) is 0.294. The van der Waals surface area contributed by atoms with Gasteiger partial charge in [0.15, 0.2) is 5.76 Å². The molecule has 1 aliphatic rings. The average Bonchev–Trinajstić information content (AvgIpc) is 3.24. The van der Waals surface area contributed by atoms with Gasteiger partial charge in [-0.1, -0.05) is 18.2 Å². The first-order valence-corrected chi connectivity index (χ1v) is 10.0. The highest BCUT2D eigenvalue weighted by atomic mass is 32.2. The number of sulfonamides is 1. The van der Waals surface area contributed by atoms with E-state index in [0.29, 0.717) is 18.7 Å². The fourth-order valence-corrected chi connectivity index (χ4v) is 3.68. The number of carbonyl (C=O) groups is 1. The Balaban J connectivity index is 1.59. The Morgan fingerprint density at radius 3 is 2.92 bits per heavy atom. The standard InChI is InChI=1S/C17H18N4O4S/c1-26(23,24)19-9-14-11-20(10-13-6-7-18-21(13)14)17(22)16-8-12-4-2-3-5-15(12)25-16/h2-8,14,19H,9-11H2,1H3/t14-/m1/s1. The molecule has 0 spiro atoms. The number of aromatic nitrogens is 2. The molecular formula is C17H18N4O4S. The largest absolute Gasteiger partial charge is 0.451 e. The van der Waals surface area contributed by atoms with Crippen LogP contribution in [0.2, 0.25) is 0 Å². The van der Waals surface area contributed by atoms with Crippen molar-refractivity contribution in [3.05, 3.63) is 54.0 Å². The molecular weight excluding hydrogens is 356 g/mol. The molecule has 0 bridgehead atoms. The molecule has 0 saturated carbocycles. The second kappa shape index (κ2) is 6.26. The summed E-state index contributed by atoms with van der Waals surface area (Å²) < 4.78 is 32.8. The number of rotatable bonds is 4. The van der Waals surface area contributed by atoms with E-state index in [-0.39, 0.29) is 24.3 Å². The first kappa shape index (κ1) is 16.8. The minimum atomic E-state index is -3.33. The Morgan fingerprint density at radius 1 is 1.35 bits per heavy atom. The third kappa shape index (κ3) is 3.23. The summed E-state index contributed by atoms with van der Waals surface area (Å²) in [7, 11) is -3.33. The molecule has 4 rings (SSSR count). The Bertz CT molecular complexity index is 1040. The fourth-order valence-electron chi connectivity index (χ4n) is 3.18. The monoisotopic (exact) mass is 374 g/mol. The zero-order valence-electron chi connectivity index (χ0n) is 14.1. The zero-order chi connectivity index (χ0) is 18.3. The molecule has 3 heterocycles. The first-order valence-electron chi connectivity index (χ1n) is 8.15. The molecule has 26 heavy (non-hydrogen) atoms. The highest BCUT2D eigenvalue weighted by Gasteiger charge is 2.30. The molecule has 0 aliphatic carbocycles. The van der Waals surface area contributed by atoms with Crippen LogP contribution < -0.4 is 4.72 Å². The van der Waals surface area contributed by atoms with Gasteiger partial charge in [-0.15, -0.1) is 0 Å². The number of nitrogens with zero attached hydrogens (tertiary/aromatic N) is 3. The van der Waals surface area contributed by atoms with Crippen molar-refractivity contribution in [1.82, 2.24) is 19.4 Å². The van der Waals surface area contributed by atoms with Crippen LogP contribution in [0.4, 0.5) is 0 Å². The van der Waals surface area contributed by atoms with Crippen molar-refractivity contribution in [1.29, 1.82) is 0 Å². The lowest BCUT2D eigenvalue weighted by Gasteiger charge is -2.33. The molecule has 1 aliphatic heterocycles. The van der Waals surface area contributed by atoms with Crippen LogP contribution in [-0.4, -0.2) is 48.4 Å². The van der Waals surface area contributed by atoms with Crippen molar-refractivity contribution in [3.8, 4) is 0 Å². The van der Waals surface area contributed by atoms with Gasteiger partial charge in [0.05, 0.1) is 24.5 Å². The van der Waals surface area contributed by atoms with Gasteiger partial charge in [0.2, 0.25) is 10.0 Å². The van der Waals surface area contributed by atoms with Crippen LogP contribution >= 0.6 is 0 Å². The van der Waals surface area contributed by atoms with Gasteiger partial charge >= 0.3 is 0 Å². The second-order valence-corrected chi connectivity index (χ2v) is 8.21. The Kier molecular flexibility index (Phi) is 4.04. The Hall–Kier alpha value is -2.65. The van der Waals surface area contributed by atoms with Gasteiger partial charge in [0.25, 0.3) is 5.91 Å². The van der Waals surface area contributed by atoms with E-state index in [1.165, 1.54) is 0 Å².